The number of hydrogen-bond acceptors (Lipinski definition) is 8. The molecule has 0 aromatic carbocycles. The Kier molecular flexibility index (Phi) is 9.95. The second-order valence-corrected chi connectivity index (χ2v) is 7.56. The van der Waals surface area contributed by atoms with Crippen molar-refractivity contribution >= 4 is 5.91 Å². The molecule has 1 aliphatic heterocycles. The van der Waals surface area contributed by atoms with Crippen molar-refractivity contribution in [1.29, 1.82) is 0 Å². The Morgan fingerprint density at radius 1 is 1.10 bits per heavy atom. The fourth-order valence-electron chi connectivity index (χ4n) is 3.34. The van der Waals surface area contributed by atoms with Gasteiger partial charge in [-0.05, 0) is 6.42 Å². The number of unbranched alkanes of at least 4 members (excludes halogenated alkanes) is 6. The summed E-state index contributed by atoms with van der Waals surface area (Å²) in [6.45, 7) is 1.86. The minimum atomic E-state index is -1.49. The Morgan fingerprint density at radius 3 is 2.48 bits per heavy atom. The second kappa shape index (κ2) is 12.2. The van der Waals surface area contributed by atoms with Crippen molar-refractivity contribution < 1.29 is 30.0 Å². The molecule has 1 fully saturated rings. The fourth-order valence-corrected chi connectivity index (χ4v) is 3.34. The Hall–Kier alpha value is -1.59. The molecule has 0 bridgehead atoms. The molecule has 2 heterocycles. The zero-order valence-electron chi connectivity index (χ0n) is 17.0. The van der Waals surface area contributed by atoms with E-state index >= 15 is 0 Å². The van der Waals surface area contributed by atoms with E-state index in [4.69, 9.17) is 4.74 Å². The molecule has 0 radical (unpaired) electrons. The average Bonchev–Trinajstić information content (AvgIpc) is 3.19. The van der Waals surface area contributed by atoms with Gasteiger partial charge in [-0.25, -0.2) is 4.68 Å². The third kappa shape index (κ3) is 7.00. The summed E-state index contributed by atoms with van der Waals surface area (Å²) >= 11 is 0. The summed E-state index contributed by atoms with van der Waals surface area (Å²) in [6.07, 6.45) is 3.50. The Balaban J connectivity index is 1.73. The number of carbonyl (C=O) groups is 1. The lowest BCUT2D eigenvalue weighted by atomic mass is 9.98. The van der Waals surface area contributed by atoms with Crippen molar-refractivity contribution in [2.75, 3.05) is 6.61 Å². The van der Waals surface area contributed by atoms with Crippen LogP contribution in [0, 0.1) is 0 Å². The summed E-state index contributed by atoms with van der Waals surface area (Å²) in [5.41, 5.74) is 0.467. The average molecular weight is 415 g/mol. The second-order valence-electron chi connectivity index (χ2n) is 7.56. The minimum absolute atomic E-state index is 0.0547. The van der Waals surface area contributed by atoms with Gasteiger partial charge in [-0.2, -0.15) is 0 Å². The number of amides is 1. The number of hydrogen-bond donors (Lipinski definition) is 5. The number of ether oxygens (including phenoxy) is 1. The van der Waals surface area contributed by atoms with Gasteiger partial charge in [0.1, 0.15) is 30.1 Å². The molecule has 5 N–H and O–H groups in total. The molecule has 0 unspecified atom stereocenters. The number of aliphatic hydroxyl groups excluding tert-OH is 4. The van der Waals surface area contributed by atoms with E-state index in [1.54, 1.807) is 0 Å². The molecule has 1 aromatic heterocycles. The predicted octanol–water partition coefficient (Wildman–Crippen LogP) is 0.00740. The first-order valence-corrected chi connectivity index (χ1v) is 10.5. The van der Waals surface area contributed by atoms with Crippen LogP contribution in [0.25, 0.3) is 0 Å². The molecule has 1 amide bonds. The highest BCUT2D eigenvalue weighted by Crippen LogP contribution is 2.27. The third-order valence-electron chi connectivity index (χ3n) is 5.16. The number of aromatic nitrogens is 3. The summed E-state index contributed by atoms with van der Waals surface area (Å²) in [5.74, 6) is -0.0547. The molecule has 1 aromatic rings. The normalized spacial score (nSPS) is 27.1. The van der Waals surface area contributed by atoms with Gasteiger partial charge < -0.3 is 30.5 Å². The van der Waals surface area contributed by atoms with Crippen LogP contribution in [-0.4, -0.2) is 72.3 Å². The molecule has 0 spiro atoms. The molecule has 1 saturated heterocycles. The van der Waals surface area contributed by atoms with Gasteiger partial charge in [0.2, 0.25) is 5.91 Å². The predicted molar refractivity (Wildman–Crippen MR) is 103 cm³/mol. The van der Waals surface area contributed by atoms with Crippen LogP contribution in [0.15, 0.2) is 6.20 Å². The van der Waals surface area contributed by atoms with Crippen LogP contribution in [0.2, 0.25) is 0 Å². The SMILES string of the molecule is CCCCCCCCCC(=O)NCc1cn([C@@H]2O[C@H](CO)[C@@H](O)[C@H](O)[C@H]2O)nn1. The van der Waals surface area contributed by atoms with Gasteiger partial charge in [0.15, 0.2) is 6.23 Å². The molecular weight excluding hydrogens is 380 g/mol. The summed E-state index contributed by atoms with van der Waals surface area (Å²) < 4.78 is 6.63. The number of nitrogens with zero attached hydrogens (tertiary/aromatic N) is 3. The van der Waals surface area contributed by atoms with Crippen molar-refractivity contribution in [2.24, 2.45) is 0 Å². The highest BCUT2D eigenvalue weighted by Gasteiger charge is 2.44. The van der Waals surface area contributed by atoms with Gasteiger partial charge in [-0.15, -0.1) is 5.10 Å². The van der Waals surface area contributed by atoms with E-state index in [-0.39, 0.29) is 12.5 Å². The third-order valence-corrected chi connectivity index (χ3v) is 5.16. The van der Waals surface area contributed by atoms with Gasteiger partial charge in [0.25, 0.3) is 0 Å². The Bertz CT molecular complexity index is 611. The Labute approximate surface area is 170 Å². The van der Waals surface area contributed by atoms with Crippen LogP contribution in [0.4, 0.5) is 0 Å². The smallest absolute Gasteiger partial charge is 0.220 e. The first kappa shape index (κ1) is 23.7. The van der Waals surface area contributed by atoms with Crippen molar-refractivity contribution in [3.8, 4) is 0 Å². The maximum Gasteiger partial charge on any atom is 0.220 e. The van der Waals surface area contributed by atoms with E-state index in [0.29, 0.717) is 12.1 Å². The topological polar surface area (TPSA) is 150 Å². The Morgan fingerprint density at radius 2 is 1.79 bits per heavy atom. The van der Waals surface area contributed by atoms with Crippen LogP contribution < -0.4 is 5.32 Å². The van der Waals surface area contributed by atoms with Gasteiger partial charge in [0.05, 0.1) is 19.3 Å². The van der Waals surface area contributed by atoms with E-state index in [0.717, 1.165) is 19.3 Å². The van der Waals surface area contributed by atoms with Crippen LogP contribution in [0.5, 0.6) is 0 Å². The quantitative estimate of drug-likeness (QED) is 0.300. The molecule has 10 heteroatoms. The first-order chi connectivity index (χ1) is 14.0. The standard InChI is InChI=1S/C19H34N4O6/c1-2-3-4-5-6-7-8-9-15(25)20-10-13-11-23(22-21-13)19-18(28)17(27)16(26)14(12-24)29-19/h11,14,16-19,24,26-28H,2-10,12H2,1H3,(H,20,25)/t14-,16-,17+,18-,19-/m1/s1. The van der Waals surface area contributed by atoms with E-state index in [9.17, 15) is 25.2 Å². The van der Waals surface area contributed by atoms with Crippen molar-refractivity contribution in [3.63, 3.8) is 0 Å². The molecule has 1 aliphatic rings. The summed E-state index contributed by atoms with van der Waals surface area (Å²) in [6, 6.07) is 0. The van der Waals surface area contributed by atoms with Crippen molar-refractivity contribution in [1.82, 2.24) is 20.3 Å². The van der Waals surface area contributed by atoms with Crippen LogP contribution in [0.3, 0.4) is 0 Å². The minimum Gasteiger partial charge on any atom is -0.394 e. The lowest BCUT2D eigenvalue weighted by Gasteiger charge is -2.39. The molecule has 5 atom stereocenters. The van der Waals surface area contributed by atoms with Gasteiger partial charge in [-0.3, -0.25) is 4.79 Å². The molecular formula is C19H34N4O6. The molecule has 29 heavy (non-hydrogen) atoms. The molecule has 2 rings (SSSR count). The van der Waals surface area contributed by atoms with Crippen LogP contribution in [0.1, 0.15) is 70.2 Å². The number of aliphatic hydroxyl groups is 4. The number of nitrogens with one attached hydrogen (secondary N) is 1. The maximum atomic E-state index is 12.0. The van der Waals surface area contributed by atoms with E-state index < -0.39 is 37.3 Å². The fraction of sp³-hybridized carbons (Fsp3) is 0.842. The number of rotatable bonds is 12. The summed E-state index contributed by atoms with van der Waals surface area (Å²) in [7, 11) is 0. The maximum absolute atomic E-state index is 12.0. The summed E-state index contributed by atoms with van der Waals surface area (Å²) in [5, 5.41) is 49.6. The van der Waals surface area contributed by atoms with Crippen molar-refractivity contribution in [3.05, 3.63) is 11.9 Å². The lowest BCUT2D eigenvalue weighted by Crippen LogP contribution is -2.56. The van der Waals surface area contributed by atoms with Crippen LogP contribution >= 0.6 is 0 Å². The highest BCUT2D eigenvalue weighted by molar-refractivity contribution is 5.75. The van der Waals surface area contributed by atoms with E-state index in [2.05, 4.69) is 22.6 Å². The zero-order valence-corrected chi connectivity index (χ0v) is 17.0. The summed E-state index contributed by atoms with van der Waals surface area (Å²) in [4.78, 5) is 12.0. The lowest BCUT2D eigenvalue weighted by molar-refractivity contribution is -0.254. The van der Waals surface area contributed by atoms with Crippen LogP contribution in [-0.2, 0) is 16.1 Å². The molecule has 10 nitrogen and oxygen atoms in total. The van der Waals surface area contributed by atoms with Crippen molar-refractivity contribution in [2.45, 2.75) is 95.5 Å². The monoisotopic (exact) mass is 414 g/mol. The van der Waals surface area contributed by atoms with Gasteiger partial charge >= 0.3 is 0 Å². The first-order valence-electron chi connectivity index (χ1n) is 10.5. The molecule has 0 saturated carbocycles. The number of carbonyl (C=O) groups excluding carboxylic acids is 1. The van der Waals surface area contributed by atoms with E-state index in [1.807, 2.05) is 0 Å². The van der Waals surface area contributed by atoms with Gasteiger partial charge in [-0.1, -0.05) is 50.7 Å². The van der Waals surface area contributed by atoms with E-state index in [1.165, 1.54) is 36.6 Å². The molecule has 166 valence electrons. The zero-order chi connectivity index (χ0) is 21.2. The molecule has 0 aliphatic carbocycles. The highest BCUT2D eigenvalue weighted by atomic mass is 16.6. The van der Waals surface area contributed by atoms with Gasteiger partial charge in [0, 0.05) is 6.42 Å². The largest absolute Gasteiger partial charge is 0.394 e.